The van der Waals surface area contributed by atoms with E-state index in [1.165, 1.54) is 0 Å². The number of aromatic nitrogens is 4. The van der Waals surface area contributed by atoms with E-state index in [-0.39, 0.29) is 0 Å². The van der Waals surface area contributed by atoms with Crippen molar-refractivity contribution in [2.45, 2.75) is 32.4 Å². The summed E-state index contributed by atoms with van der Waals surface area (Å²) in [5.41, 5.74) is 7.10. The molecule has 0 aromatic carbocycles. The lowest BCUT2D eigenvalue weighted by Gasteiger charge is -2.08. The van der Waals surface area contributed by atoms with Gasteiger partial charge in [0.25, 0.3) is 0 Å². The fourth-order valence-corrected chi connectivity index (χ4v) is 1.65. The SMILES string of the molecule is CC(C)n1ccc(CC(O)c2cn[nH]c2N)n1. The van der Waals surface area contributed by atoms with E-state index in [0.29, 0.717) is 23.8 Å². The number of hydrogen-bond acceptors (Lipinski definition) is 4. The van der Waals surface area contributed by atoms with Gasteiger partial charge in [0.15, 0.2) is 0 Å². The average molecular weight is 235 g/mol. The van der Waals surface area contributed by atoms with Gasteiger partial charge in [-0.2, -0.15) is 10.2 Å². The van der Waals surface area contributed by atoms with Crippen LogP contribution in [0.3, 0.4) is 0 Å². The molecule has 92 valence electrons. The minimum Gasteiger partial charge on any atom is -0.388 e. The van der Waals surface area contributed by atoms with E-state index < -0.39 is 6.10 Å². The highest BCUT2D eigenvalue weighted by atomic mass is 16.3. The molecule has 0 radical (unpaired) electrons. The summed E-state index contributed by atoms with van der Waals surface area (Å²) in [5.74, 6) is 0.404. The number of nitrogens with two attached hydrogens (primary N) is 1. The van der Waals surface area contributed by atoms with Crippen molar-refractivity contribution in [1.29, 1.82) is 0 Å². The van der Waals surface area contributed by atoms with Crippen LogP contribution < -0.4 is 5.73 Å². The fourth-order valence-electron chi connectivity index (χ4n) is 1.65. The van der Waals surface area contributed by atoms with Crippen LogP contribution in [-0.4, -0.2) is 25.1 Å². The van der Waals surface area contributed by atoms with Crippen LogP contribution >= 0.6 is 0 Å². The van der Waals surface area contributed by atoms with E-state index in [4.69, 9.17) is 5.73 Å². The molecule has 0 saturated carbocycles. The zero-order valence-electron chi connectivity index (χ0n) is 9.96. The Morgan fingerprint density at radius 2 is 2.29 bits per heavy atom. The quantitative estimate of drug-likeness (QED) is 0.738. The Balaban J connectivity index is 2.08. The first-order valence-corrected chi connectivity index (χ1v) is 5.58. The lowest BCUT2D eigenvalue weighted by atomic mass is 10.1. The summed E-state index contributed by atoms with van der Waals surface area (Å²) in [7, 11) is 0. The van der Waals surface area contributed by atoms with Crippen molar-refractivity contribution in [3.63, 3.8) is 0 Å². The Kier molecular flexibility index (Phi) is 3.14. The van der Waals surface area contributed by atoms with Gasteiger partial charge in [-0.25, -0.2) is 0 Å². The first-order chi connectivity index (χ1) is 8.08. The minimum absolute atomic E-state index is 0.319. The molecule has 0 saturated heterocycles. The topological polar surface area (TPSA) is 92.8 Å². The number of rotatable bonds is 4. The molecule has 6 heteroatoms. The number of aromatic amines is 1. The van der Waals surface area contributed by atoms with Crippen LogP contribution in [0.25, 0.3) is 0 Å². The highest BCUT2D eigenvalue weighted by Crippen LogP contribution is 2.21. The second kappa shape index (κ2) is 4.58. The number of aliphatic hydroxyl groups is 1. The van der Waals surface area contributed by atoms with Crippen LogP contribution in [0.15, 0.2) is 18.5 Å². The molecule has 0 aliphatic carbocycles. The van der Waals surface area contributed by atoms with Crippen LogP contribution in [0.5, 0.6) is 0 Å². The third-order valence-corrected chi connectivity index (χ3v) is 2.65. The number of hydrogen-bond donors (Lipinski definition) is 3. The van der Waals surface area contributed by atoms with Crippen molar-refractivity contribution in [2.24, 2.45) is 0 Å². The van der Waals surface area contributed by atoms with E-state index in [1.807, 2.05) is 16.9 Å². The summed E-state index contributed by atoms with van der Waals surface area (Å²) in [6.07, 6.45) is 3.21. The summed E-state index contributed by atoms with van der Waals surface area (Å²) in [4.78, 5) is 0. The Morgan fingerprint density at radius 1 is 1.53 bits per heavy atom. The van der Waals surface area contributed by atoms with Gasteiger partial charge in [0.1, 0.15) is 5.82 Å². The standard InChI is InChI=1S/C11H17N5O/c1-7(2)16-4-3-8(15-16)5-10(17)9-6-13-14-11(9)12/h3-4,6-7,10,17H,5H2,1-2H3,(H3,12,13,14). The van der Waals surface area contributed by atoms with E-state index in [2.05, 4.69) is 29.1 Å². The zero-order chi connectivity index (χ0) is 12.4. The highest BCUT2D eigenvalue weighted by Gasteiger charge is 2.15. The second-order valence-corrected chi connectivity index (χ2v) is 4.34. The highest BCUT2D eigenvalue weighted by molar-refractivity contribution is 5.38. The predicted octanol–water partition coefficient (Wildman–Crippen LogP) is 1.05. The average Bonchev–Trinajstić information content (AvgIpc) is 2.86. The van der Waals surface area contributed by atoms with Gasteiger partial charge in [-0.15, -0.1) is 0 Å². The van der Waals surface area contributed by atoms with E-state index in [9.17, 15) is 5.11 Å². The molecule has 0 aliphatic heterocycles. The molecule has 2 aromatic rings. The van der Waals surface area contributed by atoms with Gasteiger partial charge < -0.3 is 10.8 Å². The molecule has 4 N–H and O–H groups in total. The van der Waals surface area contributed by atoms with Gasteiger partial charge in [-0.05, 0) is 19.9 Å². The van der Waals surface area contributed by atoms with Gasteiger partial charge in [-0.1, -0.05) is 0 Å². The molecule has 1 atom stereocenters. The number of aliphatic hydroxyl groups excluding tert-OH is 1. The number of nitrogens with one attached hydrogen (secondary N) is 1. The summed E-state index contributed by atoms with van der Waals surface area (Å²) in [6.45, 7) is 4.11. The maximum absolute atomic E-state index is 10.0. The third-order valence-electron chi connectivity index (χ3n) is 2.65. The van der Waals surface area contributed by atoms with Crippen LogP contribution in [0.4, 0.5) is 5.82 Å². The van der Waals surface area contributed by atoms with E-state index in [1.54, 1.807) is 6.20 Å². The van der Waals surface area contributed by atoms with Crippen LogP contribution in [0.1, 0.15) is 37.3 Å². The van der Waals surface area contributed by atoms with Crippen molar-refractivity contribution < 1.29 is 5.11 Å². The zero-order valence-corrected chi connectivity index (χ0v) is 9.96. The summed E-state index contributed by atoms with van der Waals surface area (Å²) >= 11 is 0. The molecule has 0 bridgehead atoms. The molecular weight excluding hydrogens is 218 g/mol. The molecule has 1 unspecified atom stereocenters. The lowest BCUT2D eigenvalue weighted by Crippen LogP contribution is -2.06. The first-order valence-electron chi connectivity index (χ1n) is 5.58. The molecule has 17 heavy (non-hydrogen) atoms. The Hall–Kier alpha value is -1.82. The van der Waals surface area contributed by atoms with Crippen molar-refractivity contribution in [1.82, 2.24) is 20.0 Å². The van der Waals surface area contributed by atoms with Gasteiger partial charge in [0.2, 0.25) is 0 Å². The smallest absolute Gasteiger partial charge is 0.124 e. The van der Waals surface area contributed by atoms with Crippen molar-refractivity contribution in [2.75, 3.05) is 5.73 Å². The molecule has 0 amide bonds. The number of H-pyrrole nitrogens is 1. The van der Waals surface area contributed by atoms with Gasteiger partial charge in [0.05, 0.1) is 18.0 Å². The Labute approximate surface area is 99.5 Å². The number of nitrogen functional groups attached to an aromatic ring is 1. The molecule has 0 fully saturated rings. The normalized spacial score (nSPS) is 13.2. The monoisotopic (exact) mass is 235 g/mol. The van der Waals surface area contributed by atoms with Gasteiger partial charge in [0, 0.05) is 24.2 Å². The molecule has 2 heterocycles. The van der Waals surface area contributed by atoms with Crippen molar-refractivity contribution >= 4 is 5.82 Å². The van der Waals surface area contributed by atoms with Crippen LogP contribution in [0.2, 0.25) is 0 Å². The Bertz CT molecular complexity index is 488. The molecular formula is C11H17N5O. The van der Waals surface area contributed by atoms with Crippen molar-refractivity contribution in [3.05, 3.63) is 29.7 Å². The Morgan fingerprint density at radius 3 is 2.82 bits per heavy atom. The van der Waals surface area contributed by atoms with E-state index >= 15 is 0 Å². The summed E-state index contributed by atoms with van der Waals surface area (Å²) < 4.78 is 1.86. The van der Waals surface area contributed by atoms with Gasteiger partial charge in [-0.3, -0.25) is 9.78 Å². The first kappa shape index (κ1) is 11.7. The maximum atomic E-state index is 10.0. The molecule has 0 spiro atoms. The third kappa shape index (κ3) is 2.47. The molecule has 2 rings (SSSR count). The van der Waals surface area contributed by atoms with E-state index in [0.717, 1.165) is 5.69 Å². The molecule has 2 aromatic heterocycles. The van der Waals surface area contributed by atoms with Gasteiger partial charge >= 0.3 is 0 Å². The maximum Gasteiger partial charge on any atom is 0.124 e. The largest absolute Gasteiger partial charge is 0.388 e. The molecule has 6 nitrogen and oxygen atoms in total. The molecule has 0 aliphatic rings. The summed E-state index contributed by atoms with van der Waals surface area (Å²) in [6, 6.07) is 2.22. The number of nitrogens with zero attached hydrogens (tertiary/aromatic N) is 3. The minimum atomic E-state index is -0.677. The van der Waals surface area contributed by atoms with Crippen LogP contribution in [-0.2, 0) is 6.42 Å². The second-order valence-electron chi connectivity index (χ2n) is 4.34. The number of anilines is 1. The fraction of sp³-hybridized carbons (Fsp3) is 0.455. The summed E-state index contributed by atoms with van der Waals surface area (Å²) in [5, 5.41) is 20.8. The predicted molar refractivity (Wildman–Crippen MR) is 64.3 cm³/mol. The van der Waals surface area contributed by atoms with Crippen LogP contribution in [0, 0.1) is 0 Å². The van der Waals surface area contributed by atoms with Crippen molar-refractivity contribution in [3.8, 4) is 0 Å². The lowest BCUT2D eigenvalue weighted by molar-refractivity contribution is 0.177.